The van der Waals surface area contributed by atoms with Gasteiger partial charge in [0.05, 0.1) is 0 Å². The van der Waals surface area contributed by atoms with Gasteiger partial charge in [-0.1, -0.05) is 43.3 Å². The van der Waals surface area contributed by atoms with Gasteiger partial charge in [-0.3, -0.25) is 0 Å². The molecule has 0 bridgehead atoms. The molecule has 1 rings (SSSR count). The van der Waals surface area contributed by atoms with Crippen molar-refractivity contribution in [3.05, 3.63) is 41.5 Å². The van der Waals surface area contributed by atoms with Gasteiger partial charge >= 0.3 is 0 Å². The third kappa shape index (κ3) is 3.00. The summed E-state index contributed by atoms with van der Waals surface area (Å²) in [7, 11) is 1.97. The van der Waals surface area contributed by atoms with Crippen molar-refractivity contribution in [1.29, 1.82) is 0 Å². The molecule has 1 heteroatoms. The zero-order valence-electron chi connectivity index (χ0n) is 9.25. The molecule has 1 N–H and O–H groups in total. The van der Waals surface area contributed by atoms with Gasteiger partial charge in [-0.15, -0.1) is 0 Å². The van der Waals surface area contributed by atoms with E-state index in [0.29, 0.717) is 6.04 Å². The highest BCUT2D eigenvalue weighted by Gasteiger charge is 1.95. The Balaban J connectivity index is 2.80. The standard InChI is InChI=1S/C13H19N/c1-4-12-7-5-6-8-13(12)10-9-11(2)14-3/h5-11,14H,4H2,1-3H3/b10-9+. The molecule has 0 aliphatic heterocycles. The van der Waals surface area contributed by atoms with Crippen molar-refractivity contribution in [1.82, 2.24) is 5.32 Å². The molecular formula is C13H19N. The number of hydrogen-bond donors (Lipinski definition) is 1. The van der Waals surface area contributed by atoms with Crippen LogP contribution in [0.5, 0.6) is 0 Å². The maximum atomic E-state index is 3.19. The molecule has 0 aliphatic carbocycles. The largest absolute Gasteiger partial charge is 0.314 e. The first-order valence-electron chi connectivity index (χ1n) is 5.21. The SMILES string of the molecule is CCc1ccccc1/C=C/C(C)NC. The smallest absolute Gasteiger partial charge is 0.0221 e. The zero-order chi connectivity index (χ0) is 10.4. The third-order valence-electron chi connectivity index (χ3n) is 2.46. The molecule has 0 radical (unpaired) electrons. The summed E-state index contributed by atoms with van der Waals surface area (Å²) in [5.74, 6) is 0. The second-order valence-electron chi connectivity index (χ2n) is 3.49. The Morgan fingerprint density at radius 3 is 2.71 bits per heavy atom. The summed E-state index contributed by atoms with van der Waals surface area (Å²) in [6, 6.07) is 8.96. The molecule has 0 aliphatic rings. The quantitative estimate of drug-likeness (QED) is 0.768. The summed E-state index contributed by atoms with van der Waals surface area (Å²) in [6.45, 7) is 4.33. The van der Waals surface area contributed by atoms with Crippen LogP contribution in [0.4, 0.5) is 0 Å². The molecule has 0 fully saturated rings. The number of aryl methyl sites for hydroxylation is 1. The minimum atomic E-state index is 0.430. The lowest BCUT2D eigenvalue weighted by Crippen LogP contribution is -2.17. The maximum Gasteiger partial charge on any atom is 0.0221 e. The lowest BCUT2D eigenvalue weighted by Gasteiger charge is -2.05. The first-order chi connectivity index (χ1) is 6.77. The molecule has 1 nitrogen and oxygen atoms in total. The third-order valence-corrected chi connectivity index (χ3v) is 2.46. The summed E-state index contributed by atoms with van der Waals surface area (Å²) >= 11 is 0. The topological polar surface area (TPSA) is 12.0 Å². The van der Waals surface area contributed by atoms with Crippen LogP contribution >= 0.6 is 0 Å². The Morgan fingerprint density at radius 1 is 1.36 bits per heavy atom. The minimum Gasteiger partial charge on any atom is -0.314 e. The number of nitrogens with one attached hydrogen (secondary N) is 1. The van der Waals surface area contributed by atoms with E-state index in [1.165, 1.54) is 11.1 Å². The van der Waals surface area contributed by atoms with Crippen molar-refractivity contribution in [3.63, 3.8) is 0 Å². The van der Waals surface area contributed by atoms with E-state index in [0.717, 1.165) is 6.42 Å². The van der Waals surface area contributed by atoms with Crippen LogP contribution in [-0.4, -0.2) is 13.1 Å². The zero-order valence-corrected chi connectivity index (χ0v) is 9.25. The van der Waals surface area contributed by atoms with E-state index in [1.54, 1.807) is 0 Å². The Bertz CT molecular complexity index is 302. The summed E-state index contributed by atoms with van der Waals surface area (Å²) in [4.78, 5) is 0. The molecule has 0 amide bonds. The van der Waals surface area contributed by atoms with E-state index < -0.39 is 0 Å². The average molecular weight is 189 g/mol. The molecule has 1 aromatic carbocycles. The minimum absolute atomic E-state index is 0.430. The molecule has 1 aromatic rings. The Kier molecular flexibility index (Phi) is 4.41. The summed E-state index contributed by atoms with van der Waals surface area (Å²) in [6.07, 6.45) is 5.48. The van der Waals surface area contributed by atoms with Crippen molar-refractivity contribution in [2.45, 2.75) is 26.3 Å². The number of rotatable bonds is 4. The molecular weight excluding hydrogens is 170 g/mol. The van der Waals surface area contributed by atoms with Gasteiger partial charge in [0.2, 0.25) is 0 Å². The lowest BCUT2D eigenvalue weighted by atomic mass is 10.0. The van der Waals surface area contributed by atoms with Crippen LogP contribution in [0.3, 0.4) is 0 Å². The van der Waals surface area contributed by atoms with Gasteiger partial charge in [0.1, 0.15) is 0 Å². The molecule has 1 atom stereocenters. The number of hydrogen-bond acceptors (Lipinski definition) is 1. The fourth-order valence-electron chi connectivity index (χ4n) is 1.36. The van der Waals surface area contributed by atoms with Crippen LogP contribution in [0.1, 0.15) is 25.0 Å². The number of benzene rings is 1. The van der Waals surface area contributed by atoms with Crippen molar-refractivity contribution >= 4 is 6.08 Å². The fourth-order valence-corrected chi connectivity index (χ4v) is 1.36. The first kappa shape index (κ1) is 11.0. The van der Waals surface area contributed by atoms with Crippen LogP contribution in [-0.2, 0) is 6.42 Å². The monoisotopic (exact) mass is 189 g/mol. The molecule has 0 heterocycles. The van der Waals surface area contributed by atoms with Crippen molar-refractivity contribution in [2.24, 2.45) is 0 Å². The van der Waals surface area contributed by atoms with Crippen molar-refractivity contribution in [2.75, 3.05) is 7.05 Å². The normalized spacial score (nSPS) is 13.4. The predicted molar refractivity (Wildman–Crippen MR) is 63.4 cm³/mol. The predicted octanol–water partition coefficient (Wildman–Crippen LogP) is 2.87. The Labute approximate surface area is 86.8 Å². The highest BCUT2D eigenvalue weighted by Crippen LogP contribution is 2.11. The molecule has 0 spiro atoms. The van der Waals surface area contributed by atoms with E-state index >= 15 is 0 Å². The Hall–Kier alpha value is -1.08. The van der Waals surface area contributed by atoms with E-state index in [9.17, 15) is 0 Å². The van der Waals surface area contributed by atoms with Gasteiger partial charge in [-0.25, -0.2) is 0 Å². The maximum absolute atomic E-state index is 3.19. The highest BCUT2D eigenvalue weighted by molar-refractivity contribution is 5.54. The van der Waals surface area contributed by atoms with Gasteiger partial charge in [-0.05, 0) is 31.5 Å². The van der Waals surface area contributed by atoms with Gasteiger partial charge in [0, 0.05) is 6.04 Å². The molecule has 76 valence electrons. The van der Waals surface area contributed by atoms with Crippen molar-refractivity contribution < 1.29 is 0 Å². The number of likely N-dealkylation sites (N-methyl/N-ethyl adjacent to an activating group) is 1. The van der Waals surface area contributed by atoms with Gasteiger partial charge in [-0.2, -0.15) is 0 Å². The average Bonchev–Trinajstić information content (AvgIpc) is 2.26. The second-order valence-corrected chi connectivity index (χ2v) is 3.49. The van der Waals surface area contributed by atoms with E-state index in [-0.39, 0.29) is 0 Å². The van der Waals surface area contributed by atoms with Crippen LogP contribution in [0.15, 0.2) is 30.3 Å². The van der Waals surface area contributed by atoms with E-state index in [4.69, 9.17) is 0 Å². The van der Waals surface area contributed by atoms with Gasteiger partial charge < -0.3 is 5.32 Å². The van der Waals surface area contributed by atoms with Gasteiger partial charge in [0.15, 0.2) is 0 Å². The van der Waals surface area contributed by atoms with Gasteiger partial charge in [0.25, 0.3) is 0 Å². The van der Waals surface area contributed by atoms with Crippen LogP contribution < -0.4 is 5.32 Å². The van der Waals surface area contributed by atoms with E-state index in [1.807, 2.05) is 7.05 Å². The molecule has 0 aromatic heterocycles. The summed E-state index contributed by atoms with van der Waals surface area (Å²) in [5, 5.41) is 3.19. The van der Waals surface area contributed by atoms with Crippen LogP contribution in [0.2, 0.25) is 0 Å². The molecule has 14 heavy (non-hydrogen) atoms. The molecule has 0 saturated heterocycles. The molecule has 0 saturated carbocycles. The van der Waals surface area contributed by atoms with Crippen molar-refractivity contribution in [3.8, 4) is 0 Å². The second kappa shape index (κ2) is 5.61. The van der Waals surface area contributed by atoms with E-state index in [2.05, 4.69) is 55.6 Å². The summed E-state index contributed by atoms with van der Waals surface area (Å²) < 4.78 is 0. The summed E-state index contributed by atoms with van der Waals surface area (Å²) in [5.41, 5.74) is 2.74. The van der Waals surface area contributed by atoms with Crippen LogP contribution in [0.25, 0.3) is 6.08 Å². The lowest BCUT2D eigenvalue weighted by molar-refractivity contribution is 0.731. The molecule has 1 unspecified atom stereocenters. The Morgan fingerprint density at radius 2 is 2.07 bits per heavy atom. The van der Waals surface area contributed by atoms with Crippen LogP contribution in [0, 0.1) is 0 Å². The fraction of sp³-hybridized carbons (Fsp3) is 0.385. The first-order valence-corrected chi connectivity index (χ1v) is 5.21. The highest BCUT2D eigenvalue weighted by atomic mass is 14.8.